The summed E-state index contributed by atoms with van der Waals surface area (Å²) in [6.45, 7) is 3.60. The van der Waals surface area contributed by atoms with Gasteiger partial charge in [0.25, 0.3) is 5.91 Å². The first-order valence-corrected chi connectivity index (χ1v) is 10.6. The molecule has 3 aromatic rings. The molecular formula is C24H21N3O3S. The second kappa shape index (κ2) is 8.57. The molecule has 1 aliphatic heterocycles. The van der Waals surface area contributed by atoms with Gasteiger partial charge in [0.1, 0.15) is 12.2 Å². The minimum Gasteiger partial charge on any atom is -0.325 e. The van der Waals surface area contributed by atoms with Gasteiger partial charge in [0, 0.05) is 15.4 Å². The van der Waals surface area contributed by atoms with Crippen molar-refractivity contribution in [2.45, 2.75) is 13.8 Å². The average molecular weight is 432 g/mol. The van der Waals surface area contributed by atoms with Gasteiger partial charge in [0.15, 0.2) is 0 Å². The van der Waals surface area contributed by atoms with Crippen LogP contribution in [0, 0.1) is 13.8 Å². The molecule has 7 heteroatoms. The first-order valence-electron chi connectivity index (χ1n) is 9.77. The molecule has 4 amide bonds. The smallest absolute Gasteiger partial charge is 0.325 e. The number of aryl methyl sites for hydroxylation is 2. The van der Waals surface area contributed by atoms with E-state index in [9.17, 15) is 14.4 Å². The number of benzene rings is 2. The molecule has 1 saturated heterocycles. The van der Waals surface area contributed by atoms with Crippen molar-refractivity contribution in [2.75, 3.05) is 11.9 Å². The Labute approximate surface area is 184 Å². The lowest BCUT2D eigenvalue weighted by Gasteiger charge is -2.12. The first-order chi connectivity index (χ1) is 14.9. The lowest BCUT2D eigenvalue weighted by molar-refractivity contribution is -0.127. The maximum atomic E-state index is 12.7. The van der Waals surface area contributed by atoms with E-state index < -0.39 is 17.8 Å². The number of carbonyl (C=O) groups excluding carboxylic acids is 3. The molecule has 31 heavy (non-hydrogen) atoms. The molecule has 0 radical (unpaired) electrons. The summed E-state index contributed by atoms with van der Waals surface area (Å²) in [6.07, 6.45) is 1.64. The van der Waals surface area contributed by atoms with Crippen LogP contribution in [0.5, 0.6) is 0 Å². The third kappa shape index (κ3) is 4.73. The van der Waals surface area contributed by atoms with Crippen molar-refractivity contribution in [1.29, 1.82) is 0 Å². The lowest BCUT2D eigenvalue weighted by Crippen LogP contribution is -2.38. The Hall–Kier alpha value is -3.71. The van der Waals surface area contributed by atoms with Crippen LogP contribution in [0.3, 0.4) is 0 Å². The van der Waals surface area contributed by atoms with Crippen molar-refractivity contribution in [1.82, 2.24) is 10.2 Å². The summed E-state index contributed by atoms with van der Waals surface area (Å²) >= 11 is 1.52. The fourth-order valence-corrected chi connectivity index (χ4v) is 4.18. The minimum absolute atomic E-state index is 0.158. The van der Waals surface area contributed by atoms with E-state index in [0.717, 1.165) is 25.8 Å². The topological polar surface area (TPSA) is 78.5 Å². The van der Waals surface area contributed by atoms with Crippen LogP contribution in [-0.2, 0) is 9.59 Å². The molecule has 2 N–H and O–H groups in total. The highest BCUT2D eigenvalue weighted by atomic mass is 32.1. The van der Waals surface area contributed by atoms with E-state index in [1.165, 1.54) is 16.9 Å². The van der Waals surface area contributed by atoms with Gasteiger partial charge in [0.05, 0.1) is 0 Å². The number of amides is 4. The molecule has 0 unspecified atom stereocenters. The van der Waals surface area contributed by atoms with E-state index in [1.54, 1.807) is 12.1 Å². The Balaban J connectivity index is 1.45. The number of hydrogen-bond acceptors (Lipinski definition) is 4. The monoisotopic (exact) mass is 431 g/mol. The standard InChI is InChI=1S/C24H21N3O3S/c1-15-6-8-17(9-7-15)21-11-10-19(31-21)13-20-23(29)27(24(30)26-20)14-22(28)25-18-5-3-4-16(2)12-18/h3-13H,14H2,1-2H3,(H,25,28)(H,26,30)/b20-13-. The fourth-order valence-electron chi connectivity index (χ4n) is 3.23. The number of hydrogen-bond donors (Lipinski definition) is 2. The third-order valence-electron chi connectivity index (χ3n) is 4.82. The maximum absolute atomic E-state index is 12.7. The molecule has 0 aliphatic carbocycles. The van der Waals surface area contributed by atoms with Gasteiger partial charge >= 0.3 is 6.03 Å². The Kier molecular flexibility index (Phi) is 5.68. The number of thiophene rings is 1. The number of carbonyl (C=O) groups is 3. The highest BCUT2D eigenvalue weighted by molar-refractivity contribution is 7.16. The molecule has 1 fully saturated rings. The zero-order valence-corrected chi connectivity index (χ0v) is 18.0. The van der Waals surface area contributed by atoms with Gasteiger partial charge in [-0.05, 0) is 55.3 Å². The molecule has 0 bridgehead atoms. The SMILES string of the molecule is Cc1ccc(-c2ccc(/C=C3\NC(=O)N(CC(=O)Nc4cccc(C)c4)C3=O)s2)cc1. The van der Waals surface area contributed by atoms with Crippen molar-refractivity contribution >= 4 is 40.9 Å². The van der Waals surface area contributed by atoms with Gasteiger partial charge < -0.3 is 10.6 Å². The lowest BCUT2D eigenvalue weighted by atomic mass is 10.1. The second-order valence-corrected chi connectivity index (χ2v) is 8.48. The Bertz CT molecular complexity index is 1190. The van der Waals surface area contributed by atoms with Crippen LogP contribution in [0.4, 0.5) is 10.5 Å². The van der Waals surface area contributed by atoms with E-state index in [4.69, 9.17) is 0 Å². The Morgan fingerprint density at radius 2 is 1.81 bits per heavy atom. The van der Waals surface area contributed by atoms with Gasteiger partial charge in [-0.3, -0.25) is 9.59 Å². The fraction of sp³-hybridized carbons (Fsp3) is 0.125. The molecule has 156 valence electrons. The van der Waals surface area contributed by atoms with Gasteiger partial charge in [-0.1, -0.05) is 42.0 Å². The third-order valence-corrected chi connectivity index (χ3v) is 5.90. The van der Waals surface area contributed by atoms with Crippen LogP contribution < -0.4 is 10.6 Å². The van der Waals surface area contributed by atoms with Gasteiger partial charge in [-0.25, -0.2) is 9.69 Å². The Morgan fingerprint density at radius 1 is 1.03 bits per heavy atom. The number of nitrogens with one attached hydrogen (secondary N) is 2. The van der Waals surface area contributed by atoms with E-state index >= 15 is 0 Å². The highest BCUT2D eigenvalue weighted by Crippen LogP contribution is 2.30. The molecule has 0 atom stereocenters. The maximum Gasteiger partial charge on any atom is 0.329 e. The van der Waals surface area contributed by atoms with Crippen LogP contribution in [0.25, 0.3) is 16.5 Å². The molecule has 1 aliphatic rings. The summed E-state index contributed by atoms with van der Waals surface area (Å²) in [6, 6.07) is 18.8. The summed E-state index contributed by atoms with van der Waals surface area (Å²) in [5, 5.41) is 5.27. The molecule has 2 aromatic carbocycles. The molecular weight excluding hydrogens is 410 g/mol. The normalized spacial score (nSPS) is 14.8. The molecule has 1 aromatic heterocycles. The molecule has 6 nitrogen and oxygen atoms in total. The molecule has 2 heterocycles. The van der Waals surface area contributed by atoms with Crippen LogP contribution in [0.1, 0.15) is 16.0 Å². The van der Waals surface area contributed by atoms with E-state index in [-0.39, 0.29) is 12.2 Å². The minimum atomic E-state index is -0.606. The summed E-state index contributed by atoms with van der Waals surface area (Å²) in [7, 11) is 0. The van der Waals surface area contributed by atoms with Crippen LogP contribution in [0.15, 0.2) is 66.4 Å². The number of nitrogens with zero attached hydrogens (tertiary/aromatic N) is 1. The number of urea groups is 1. The number of rotatable bonds is 5. The second-order valence-electron chi connectivity index (χ2n) is 7.37. The largest absolute Gasteiger partial charge is 0.329 e. The van der Waals surface area contributed by atoms with E-state index in [1.807, 2.05) is 56.3 Å². The summed E-state index contributed by atoms with van der Waals surface area (Å²) < 4.78 is 0. The van der Waals surface area contributed by atoms with Crippen LogP contribution >= 0.6 is 11.3 Å². The van der Waals surface area contributed by atoms with Gasteiger partial charge in [0.2, 0.25) is 5.91 Å². The number of anilines is 1. The predicted octanol–water partition coefficient (Wildman–Crippen LogP) is 4.56. The van der Waals surface area contributed by atoms with Crippen molar-refractivity contribution in [3.63, 3.8) is 0 Å². The Morgan fingerprint density at radius 3 is 2.55 bits per heavy atom. The molecule has 0 spiro atoms. The quantitative estimate of drug-likeness (QED) is 0.459. The predicted molar refractivity (Wildman–Crippen MR) is 123 cm³/mol. The highest BCUT2D eigenvalue weighted by Gasteiger charge is 2.35. The van der Waals surface area contributed by atoms with Crippen molar-refractivity contribution in [3.8, 4) is 10.4 Å². The summed E-state index contributed by atoms with van der Waals surface area (Å²) in [5.41, 5.74) is 4.06. The van der Waals surface area contributed by atoms with E-state index in [0.29, 0.717) is 5.69 Å². The van der Waals surface area contributed by atoms with Gasteiger partial charge in [-0.2, -0.15) is 0 Å². The average Bonchev–Trinajstić information content (AvgIpc) is 3.29. The zero-order valence-electron chi connectivity index (χ0n) is 17.1. The first kappa shape index (κ1) is 20.6. The number of imide groups is 1. The van der Waals surface area contributed by atoms with E-state index in [2.05, 4.69) is 22.8 Å². The molecule has 0 saturated carbocycles. The van der Waals surface area contributed by atoms with Crippen LogP contribution in [0.2, 0.25) is 0 Å². The van der Waals surface area contributed by atoms with Crippen molar-refractivity contribution < 1.29 is 14.4 Å². The molecule has 4 rings (SSSR count). The van der Waals surface area contributed by atoms with Crippen LogP contribution in [-0.4, -0.2) is 29.3 Å². The summed E-state index contributed by atoms with van der Waals surface area (Å²) in [4.78, 5) is 40.1. The van der Waals surface area contributed by atoms with Crippen molar-refractivity contribution in [3.05, 3.63) is 82.4 Å². The zero-order chi connectivity index (χ0) is 22.0. The van der Waals surface area contributed by atoms with Crippen molar-refractivity contribution in [2.24, 2.45) is 0 Å². The summed E-state index contributed by atoms with van der Waals surface area (Å²) in [5.74, 6) is -0.956. The van der Waals surface area contributed by atoms with Gasteiger partial charge in [-0.15, -0.1) is 11.3 Å².